The first-order valence-electron chi connectivity index (χ1n) is 8.67. The number of rotatable bonds is 6. The van der Waals surface area contributed by atoms with Gasteiger partial charge in [0.05, 0.1) is 32.8 Å². The molecule has 0 bridgehead atoms. The van der Waals surface area contributed by atoms with E-state index in [1.54, 1.807) is 0 Å². The Morgan fingerprint density at radius 3 is 2.06 bits per heavy atom. The van der Waals surface area contributed by atoms with Gasteiger partial charge >= 0.3 is 18.3 Å². The number of halogens is 9. The molecule has 174 valence electrons. The molecule has 0 fully saturated rings. The van der Waals surface area contributed by atoms with Crippen LogP contribution in [-0.2, 0) is 10.9 Å². The topological polar surface area (TPSA) is 46.5 Å². The van der Waals surface area contributed by atoms with Gasteiger partial charge in [-0.1, -0.05) is 40.9 Å². The summed E-state index contributed by atoms with van der Waals surface area (Å²) in [5.74, 6) is -4.76. The third-order valence-electron chi connectivity index (χ3n) is 4.18. The minimum Gasteiger partial charge on any atom is -0.494 e. The average Bonchev–Trinajstić information content (AvgIpc) is 2.66. The SMILES string of the molecule is CCO/C(=C\C(c1cc(Cl)c(Cl)c(Cl)c1)C(F)(F)F)c1ccc(C(=O)O)c(C(F)(F)F)c1. The molecule has 0 heterocycles. The monoisotopic (exact) mass is 520 g/mol. The molecule has 2 aromatic rings. The van der Waals surface area contributed by atoms with Crippen molar-refractivity contribution in [3.63, 3.8) is 0 Å². The fraction of sp³-hybridized carbons (Fsp3) is 0.250. The van der Waals surface area contributed by atoms with Crippen molar-refractivity contribution in [2.24, 2.45) is 0 Å². The maximum absolute atomic E-state index is 13.8. The van der Waals surface area contributed by atoms with Gasteiger partial charge in [0, 0.05) is 5.56 Å². The number of carboxylic acids is 1. The number of aromatic carboxylic acids is 1. The second-order valence-electron chi connectivity index (χ2n) is 6.35. The highest BCUT2D eigenvalue weighted by molar-refractivity contribution is 6.48. The van der Waals surface area contributed by atoms with Crippen LogP contribution in [0.4, 0.5) is 26.3 Å². The fourth-order valence-electron chi connectivity index (χ4n) is 2.79. The second kappa shape index (κ2) is 9.80. The van der Waals surface area contributed by atoms with Crippen LogP contribution in [0, 0.1) is 0 Å². The van der Waals surface area contributed by atoms with E-state index in [1.165, 1.54) is 6.92 Å². The lowest BCUT2D eigenvalue weighted by atomic mass is 9.95. The number of benzene rings is 2. The van der Waals surface area contributed by atoms with Crippen molar-refractivity contribution in [3.05, 3.63) is 73.7 Å². The third-order valence-corrected chi connectivity index (χ3v) is 5.37. The second-order valence-corrected chi connectivity index (χ2v) is 7.54. The molecule has 0 spiro atoms. The first-order chi connectivity index (χ1) is 14.7. The number of hydrogen-bond donors (Lipinski definition) is 1. The summed E-state index contributed by atoms with van der Waals surface area (Å²) in [5.41, 5.74) is -3.41. The Kier molecular flexibility index (Phi) is 8.01. The maximum atomic E-state index is 13.8. The smallest absolute Gasteiger partial charge is 0.417 e. The van der Waals surface area contributed by atoms with Crippen LogP contribution in [0.5, 0.6) is 0 Å². The van der Waals surface area contributed by atoms with Gasteiger partial charge in [0.1, 0.15) is 11.7 Å². The lowest BCUT2D eigenvalue weighted by Crippen LogP contribution is -2.20. The van der Waals surface area contributed by atoms with Gasteiger partial charge in [0.15, 0.2) is 0 Å². The minimum atomic E-state index is -5.07. The number of carboxylic acid groups (broad SMARTS) is 1. The summed E-state index contributed by atoms with van der Waals surface area (Å²) in [5, 5.41) is 8.35. The molecule has 2 rings (SSSR count). The predicted molar refractivity (Wildman–Crippen MR) is 108 cm³/mol. The minimum absolute atomic E-state index is 0.161. The summed E-state index contributed by atoms with van der Waals surface area (Å²) in [6.45, 7) is 1.24. The van der Waals surface area contributed by atoms with Crippen LogP contribution >= 0.6 is 34.8 Å². The van der Waals surface area contributed by atoms with Crippen LogP contribution in [0.25, 0.3) is 5.76 Å². The number of ether oxygens (including phenoxy) is 1. The zero-order chi connectivity index (χ0) is 24.4. The van der Waals surface area contributed by atoms with Crippen molar-refractivity contribution in [2.75, 3.05) is 6.61 Å². The van der Waals surface area contributed by atoms with Crippen molar-refractivity contribution >= 4 is 46.5 Å². The molecule has 12 heteroatoms. The van der Waals surface area contributed by atoms with Crippen LogP contribution < -0.4 is 0 Å². The van der Waals surface area contributed by atoms with Gasteiger partial charge in [-0.2, -0.15) is 26.3 Å². The fourth-order valence-corrected chi connectivity index (χ4v) is 3.40. The van der Waals surface area contributed by atoms with E-state index in [-0.39, 0.29) is 21.7 Å². The van der Waals surface area contributed by atoms with E-state index in [4.69, 9.17) is 44.6 Å². The van der Waals surface area contributed by atoms with Gasteiger partial charge in [0.25, 0.3) is 0 Å². The third kappa shape index (κ3) is 6.02. The largest absolute Gasteiger partial charge is 0.494 e. The Morgan fingerprint density at radius 1 is 1.06 bits per heavy atom. The zero-order valence-corrected chi connectivity index (χ0v) is 18.2. The molecule has 1 N–H and O–H groups in total. The number of hydrogen-bond acceptors (Lipinski definition) is 2. The highest BCUT2D eigenvalue weighted by atomic mass is 35.5. The molecule has 0 saturated heterocycles. The van der Waals surface area contributed by atoms with Crippen molar-refractivity contribution in [1.82, 2.24) is 0 Å². The summed E-state index contributed by atoms with van der Waals surface area (Å²) in [7, 11) is 0. The highest BCUT2D eigenvalue weighted by Gasteiger charge is 2.41. The van der Waals surface area contributed by atoms with Gasteiger partial charge in [-0.05, 0) is 42.8 Å². The van der Waals surface area contributed by atoms with Gasteiger partial charge in [-0.3, -0.25) is 0 Å². The summed E-state index contributed by atoms with van der Waals surface area (Å²) in [6, 6.07) is 3.85. The van der Waals surface area contributed by atoms with E-state index >= 15 is 0 Å². The van der Waals surface area contributed by atoms with E-state index in [1.807, 2.05) is 0 Å². The van der Waals surface area contributed by atoms with Crippen LogP contribution in [0.3, 0.4) is 0 Å². The molecular formula is C20H13Cl3F6O3. The maximum Gasteiger partial charge on any atom is 0.417 e. The van der Waals surface area contributed by atoms with Gasteiger partial charge in [0.2, 0.25) is 0 Å². The molecule has 0 saturated carbocycles. The number of alkyl halides is 6. The van der Waals surface area contributed by atoms with E-state index in [0.717, 1.165) is 18.2 Å². The molecule has 1 atom stereocenters. The lowest BCUT2D eigenvalue weighted by molar-refractivity contribution is -0.140. The van der Waals surface area contributed by atoms with E-state index in [0.29, 0.717) is 18.2 Å². The van der Waals surface area contributed by atoms with Crippen molar-refractivity contribution in [1.29, 1.82) is 0 Å². The molecule has 32 heavy (non-hydrogen) atoms. The molecule has 2 aromatic carbocycles. The van der Waals surface area contributed by atoms with Crippen molar-refractivity contribution in [3.8, 4) is 0 Å². The standard InChI is InChI=1S/C20H13Cl3F6O3/c1-2-32-16(9-3-4-11(18(30)31)13(5-9)20(27,28)29)8-12(19(24,25)26)10-6-14(21)17(23)15(22)7-10/h3-8,12H,2H2,1H3,(H,30,31)/b16-8-. The molecule has 3 nitrogen and oxygen atoms in total. The molecule has 0 amide bonds. The number of carbonyl (C=O) groups is 1. The molecule has 0 aliphatic rings. The summed E-state index contributed by atoms with van der Waals surface area (Å²) >= 11 is 17.4. The first kappa shape index (κ1) is 26.2. The molecule has 0 aliphatic carbocycles. The zero-order valence-electron chi connectivity index (χ0n) is 15.9. The molecule has 1 unspecified atom stereocenters. The average molecular weight is 522 g/mol. The Balaban J connectivity index is 2.72. The summed E-state index contributed by atoms with van der Waals surface area (Å²) in [6.07, 6.45) is -9.41. The Bertz CT molecular complexity index is 1020. The van der Waals surface area contributed by atoms with Crippen molar-refractivity contribution < 1.29 is 41.0 Å². The van der Waals surface area contributed by atoms with Gasteiger partial charge in [-0.15, -0.1) is 0 Å². The molecule has 0 aliphatic heterocycles. The van der Waals surface area contributed by atoms with Crippen LogP contribution in [0.2, 0.25) is 15.1 Å². The first-order valence-corrected chi connectivity index (χ1v) is 9.80. The Labute approximate surface area is 193 Å². The van der Waals surface area contributed by atoms with Crippen molar-refractivity contribution in [2.45, 2.75) is 25.2 Å². The van der Waals surface area contributed by atoms with Crippen LogP contribution in [0.1, 0.15) is 39.9 Å². The summed E-state index contributed by atoms with van der Waals surface area (Å²) in [4.78, 5) is 11.1. The Morgan fingerprint density at radius 2 is 1.62 bits per heavy atom. The van der Waals surface area contributed by atoms with E-state index in [9.17, 15) is 31.1 Å². The highest BCUT2D eigenvalue weighted by Crippen LogP contribution is 2.42. The summed E-state index contributed by atoms with van der Waals surface area (Å²) < 4.78 is 86.7. The quantitative estimate of drug-likeness (QED) is 0.237. The lowest BCUT2D eigenvalue weighted by Gasteiger charge is -2.21. The van der Waals surface area contributed by atoms with E-state index in [2.05, 4.69) is 0 Å². The van der Waals surface area contributed by atoms with Crippen LogP contribution in [0.15, 0.2) is 36.4 Å². The normalized spacial score (nSPS) is 13.8. The molecule has 0 aromatic heterocycles. The van der Waals surface area contributed by atoms with Gasteiger partial charge < -0.3 is 9.84 Å². The van der Waals surface area contributed by atoms with E-state index < -0.39 is 52.3 Å². The van der Waals surface area contributed by atoms with Crippen LogP contribution in [-0.4, -0.2) is 23.9 Å². The Hall–Kier alpha value is -2.10. The van der Waals surface area contributed by atoms with Gasteiger partial charge in [-0.25, -0.2) is 4.79 Å². The molecular weight excluding hydrogens is 509 g/mol. The molecule has 0 radical (unpaired) electrons. The predicted octanol–water partition coefficient (Wildman–Crippen LogP) is 8.09. The number of allylic oxidation sites excluding steroid dienone is 1.